The summed E-state index contributed by atoms with van der Waals surface area (Å²) in [6.07, 6.45) is 5.93. The van der Waals surface area contributed by atoms with Crippen LogP contribution in [0, 0.1) is 11.8 Å². The number of benzene rings is 2. The molecule has 1 aliphatic rings. The van der Waals surface area contributed by atoms with E-state index in [0.29, 0.717) is 11.8 Å². The highest BCUT2D eigenvalue weighted by Gasteiger charge is 2.41. The van der Waals surface area contributed by atoms with Gasteiger partial charge in [-0.3, -0.25) is 0 Å². The van der Waals surface area contributed by atoms with Crippen molar-refractivity contribution in [2.45, 2.75) is 44.1 Å². The first kappa shape index (κ1) is 20.9. The van der Waals surface area contributed by atoms with E-state index < -0.39 is 5.60 Å². The molecular formula is C25H35NO2. The smallest absolute Gasteiger partial charge is 0.119 e. The number of hydrogen-bond donors (Lipinski definition) is 1. The highest BCUT2D eigenvalue weighted by Crippen LogP contribution is 2.41. The van der Waals surface area contributed by atoms with Gasteiger partial charge in [0.15, 0.2) is 0 Å². The maximum atomic E-state index is 11.6. The minimum Gasteiger partial charge on any atom is -0.497 e. The van der Waals surface area contributed by atoms with Crippen LogP contribution in [0.1, 0.15) is 36.8 Å². The Morgan fingerprint density at radius 2 is 1.82 bits per heavy atom. The van der Waals surface area contributed by atoms with Gasteiger partial charge >= 0.3 is 0 Å². The van der Waals surface area contributed by atoms with E-state index in [1.807, 2.05) is 6.07 Å². The molecule has 1 fully saturated rings. The second-order valence-electron chi connectivity index (χ2n) is 8.74. The number of ether oxygens (including phenoxy) is 1. The molecule has 152 valence electrons. The largest absolute Gasteiger partial charge is 0.497 e. The predicted octanol–water partition coefficient (Wildman–Crippen LogP) is 4.58. The average molecular weight is 382 g/mol. The van der Waals surface area contributed by atoms with Crippen LogP contribution in [0.25, 0.3) is 0 Å². The van der Waals surface area contributed by atoms with Crippen molar-refractivity contribution in [3.63, 3.8) is 0 Å². The van der Waals surface area contributed by atoms with Gasteiger partial charge in [0.1, 0.15) is 5.75 Å². The Kier molecular flexibility index (Phi) is 7.14. The highest BCUT2D eigenvalue weighted by molar-refractivity contribution is 5.28. The summed E-state index contributed by atoms with van der Waals surface area (Å²) in [5.41, 5.74) is 2.09. The van der Waals surface area contributed by atoms with Crippen LogP contribution in [0.2, 0.25) is 0 Å². The first-order valence-corrected chi connectivity index (χ1v) is 10.5. The molecule has 3 heteroatoms. The van der Waals surface area contributed by atoms with Crippen LogP contribution in [0.5, 0.6) is 5.75 Å². The summed E-state index contributed by atoms with van der Waals surface area (Å²) in [5.74, 6) is 1.86. The lowest BCUT2D eigenvalue weighted by atomic mass is 9.67. The fourth-order valence-corrected chi connectivity index (χ4v) is 4.74. The fourth-order valence-electron chi connectivity index (χ4n) is 4.74. The summed E-state index contributed by atoms with van der Waals surface area (Å²) in [6.45, 7) is 0.944. The van der Waals surface area contributed by atoms with Gasteiger partial charge < -0.3 is 14.7 Å². The van der Waals surface area contributed by atoms with Gasteiger partial charge in [-0.2, -0.15) is 0 Å². The van der Waals surface area contributed by atoms with Gasteiger partial charge in [-0.1, -0.05) is 42.5 Å². The maximum absolute atomic E-state index is 11.6. The predicted molar refractivity (Wildman–Crippen MR) is 116 cm³/mol. The minimum absolute atomic E-state index is 0.315. The van der Waals surface area contributed by atoms with Crippen LogP contribution >= 0.6 is 0 Å². The van der Waals surface area contributed by atoms with Crippen molar-refractivity contribution in [2.75, 3.05) is 27.7 Å². The van der Waals surface area contributed by atoms with Crippen molar-refractivity contribution in [1.29, 1.82) is 0 Å². The maximum Gasteiger partial charge on any atom is 0.119 e. The Morgan fingerprint density at radius 3 is 2.54 bits per heavy atom. The van der Waals surface area contributed by atoms with Gasteiger partial charge in [-0.05, 0) is 81.8 Å². The first-order chi connectivity index (χ1) is 13.5. The number of nitrogens with zero attached hydrogens (tertiary/aromatic N) is 1. The second-order valence-corrected chi connectivity index (χ2v) is 8.74. The van der Waals surface area contributed by atoms with Gasteiger partial charge in [-0.15, -0.1) is 0 Å². The lowest BCUT2D eigenvalue weighted by Gasteiger charge is -2.44. The van der Waals surface area contributed by atoms with Crippen LogP contribution in [-0.2, 0) is 12.8 Å². The lowest BCUT2D eigenvalue weighted by Crippen LogP contribution is -2.47. The minimum atomic E-state index is -0.564. The molecule has 3 rings (SSSR count). The number of aryl methyl sites for hydroxylation is 1. The zero-order valence-corrected chi connectivity index (χ0v) is 17.6. The summed E-state index contributed by atoms with van der Waals surface area (Å²) in [7, 11) is 5.95. The van der Waals surface area contributed by atoms with Crippen LogP contribution in [0.15, 0.2) is 54.6 Å². The van der Waals surface area contributed by atoms with E-state index in [-0.39, 0.29) is 0 Å². The highest BCUT2D eigenvalue weighted by atomic mass is 16.5. The number of aliphatic hydroxyl groups is 1. The molecule has 0 spiro atoms. The summed E-state index contributed by atoms with van der Waals surface area (Å²) < 4.78 is 5.38. The Balaban J connectivity index is 1.66. The van der Waals surface area contributed by atoms with Crippen molar-refractivity contribution in [3.05, 3.63) is 65.7 Å². The lowest BCUT2D eigenvalue weighted by molar-refractivity contribution is -0.0746. The average Bonchev–Trinajstić information content (AvgIpc) is 2.70. The molecule has 2 aromatic carbocycles. The van der Waals surface area contributed by atoms with Gasteiger partial charge in [0, 0.05) is 12.5 Å². The van der Waals surface area contributed by atoms with E-state index in [0.717, 1.165) is 50.8 Å². The van der Waals surface area contributed by atoms with Crippen LogP contribution < -0.4 is 4.74 Å². The van der Waals surface area contributed by atoms with Gasteiger partial charge in [0.05, 0.1) is 12.7 Å². The molecule has 1 aliphatic carbocycles. The standard InChI is InChI=1S/C25H35NO2/c1-26(2)19-23-17-22(16-21-10-7-11-24(18-21)28-3)13-15-25(23,27)14-12-20-8-5-4-6-9-20/h4-11,18,22-23,27H,12-17,19H2,1-3H3. The van der Waals surface area contributed by atoms with E-state index in [4.69, 9.17) is 4.74 Å². The third-order valence-corrected chi connectivity index (χ3v) is 6.30. The molecule has 1 N–H and O–H groups in total. The van der Waals surface area contributed by atoms with Gasteiger partial charge in [0.25, 0.3) is 0 Å². The number of hydrogen-bond acceptors (Lipinski definition) is 3. The SMILES string of the molecule is COc1cccc(CC2CCC(O)(CCc3ccccc3)C(CN(C)C)C2)c1. The molecule has 0 heterocycles. The molecule has 28 heavy (non-hydrogen) atoms. The van der Waals surface area contributed by atoms with E-state index in [9.17, 15) is 5.11 Å². The molecule has 3 unspecified atom stereocenters. The molecule has 3 nitrogen and oxygen atoms in total. The Morgan fingerprint density at radius 1 is 1.07 bits per heavy atom. The molecule has 1 saturated carbocycles. The van der Waals surface area contributed by atoms with Crippen molar-refractivity contribution < 1.29 is 9.84 Å². The third kappa shape index (κ3) is 5.59. The monoisotopic (exact) mass is 381 g/mol. The number of rotatable bonds is 8. The molecule has 2 aromatic rings. The van der Waals surface area contributed by atoms with Gasteiger partial charge in [-0.25, -0.2) is 0 Å². The summed E-state index contributed by atoms with van der Waals surface area (Å²) in [4.78, 5) is 2.23. The van der Waals surface area contributed by atoms with E-state index >= 15 is 0 Å². The Labute approximate surface area is 170 Å². The van der Waals surface area contributed by atoms with Crippen molar-refractivity contribution in [3.8, 4) is 5.75 Å². The summed E-state index contributed by atoms with van der Waals surface area (Å²) in [5, 5.41) is 11.6. The molecule has 0 aromatic heterocycles. The second kappa shape index (κ2) is 9.58. The van der Waals surface area contributed by atoms with Crippen molar-refractivity contribution in [1.82, 2.24) is 4.90 Å². The normalized spacial score (nSPS) is 25.0. The molecule has 0 saturated heterocycles. The first-order valence-electron chi connectivity index (χ1n) is 10.5. The van der Waals surface area contributed by atoms with E-state index in [1.54, 1.807) is 7.11 Å². The van der Waals surface area contributed by atoms with Crippen LogP contribution in [0.4, 0.5) is 0 Å². The molecule has 3 atom stereocenters. The Bertz CT molecular complexity index is 730. The zero-order valence-electron chi connectivity index (χ0n) is 17.6. The van der Waals surface area contributed by atoms with Crippen LogP contribution in [0.3, 0.4) is 0 Å². The molecular weight excluding hydrogens is 346 g/mol. The van der Waals surface area contributed by atoms with Gasteiger partial charge in [0.2, 0.25) is 0 Å². The molecule has 0 amide bonds. The topological polar surface area (TPSA) is 32.7 Å². The number of methoxy groups -OCH3 is 1. The molecule has 0 bridgehead atoms. The molecule has 0 aliphatic heterocycles. The van der Waals surface area contributed by atoms with E-state index in [2.05, 4.69) is 67.5 Å². The summed E-state index contributed by atoms with van der Waals surface area (Å²) in [6, 6.07) is 19.0. The quantitative estimate of drug-likeness (QED) is 0.726. The van der Waals surface area contributed by atoms with E-state index in [1.165, 1.54) is 11.1 Å². The molecule has 0 radical (unpaired) electrons. The van der Waals surface area contributed by atoms with Crippen molar-refractivity contribution in [2.24, 2.45) is 11.8 Å². The third-order valence-electron chi connectivity index (χ3n) is 6.30. The fraction of sp³-hybridized carbons (Fsp3) is 0.520. The summed E-state index contributed by atoms with van der Waals surface area (Å²) >= 11 is 0. The Hall–Kier alpha value is -1.84. The van der Waals surface area contributed by atoms with Crippen LogP contribution in [-0.4, -0.2) is 43.4 Å². The van der Waals surface area contributed by atoms with Crippen molar-refractivity contribution >= 4 is 0 Å². The zero-order chi connectivity index (χ0) is 20.0.